The van der Waals surface area contributed by atoms with Crippen molar-refractivity contribution in [3.05, 3.63) is 40.7 Å². The van der Waals surface area contributed by atoms with Crippen molar-refractivity contribution in [3.63, 3.8) is 0 Å². The molecule has 2 heterocycles. The zero-order chi connectivity index (χ0) is 11.4. The molecule has 2 aromatic rings. The molecule has 4 heteroatoms. The van der Waals surface area contributed by atoms with E-state index in [1.807, 2.05) is 23.7 Å². The van der Waals surface area contributed by atoms with Crippen molar-refractivity contribution in [2.45, 2.75) is 32.4 Å². The number of rotatable bonds is 5. The lowest BCUT2D eigenvalue weighted by Crippen LogP contribution is -2.23. The van der Waals surface area contributed by atoms with Crippen LogP contribution >= 0.6 is 11.3 Å². The van der Waals surface area contributed by atoms with Gasteiger partial charge in [-0.1, -0.05) is 6.92 Å². The Labute approximate surface area is 99.5 Å². The first-order chi connectivity index (χ1) is 7.81. The summed E-state index contributed by atoms with van der Waals surface area (Å²) in [5, 5.41) is 6.68. The lowest BCUT2D eigenvalue weighted by molar-refractivity contribution is 0.386. The third-order valence-electron chi connectivity index (χ3n) is 2.58. The zero-order valence-corrected chi connectivity index (χ0v) is 10.3. The largest absolute Gasteiger partial charge is 0.468 e. The van der Waals surface area contributed by atoms with Crippen LogP contribution in [0.1, 0.15) is 43.1 Å². The first-order valence-electron chi connectivity index (χ1n) is 5.50. The van der Waals surface area contributed by atoms with Crippen LogP contribution in [0.15, 0.2) is 34.4 Å². The van der Waals surface area contributed by atoms with Gasteiger partial charge in [-0.15, -0.1) is 11.3 Å². The Morgan fingerprint density at radius 1 is 1.56 bits per heavy atom. The van der Waals surface area contributed by atoms with E-state index in [2.05, 4.69) is 24.1 Å². The molecule has 0 amide bonds. The molecule has 0 spiro atoms. The molecule has 16 heavy (non-hydrogen) atoms. The third kappa shape index (κ3) is 2.51. The topological polar surface area (TPSA) is 38.1 Å². The number of nitrogens with zero attached hydrogens (tertiary/aromatic N) is 1. The van der Waals surface area contributed by atoms with Gasteiger partial charge >= 0.3 is 0 Å². The monoisotopic (exact) mass is 236 g/mol. The molecule has 0 aliphatic carbocycles. The van der Waals surface area contributed by atoms with Crippen LogP contribution in [0.4, 0.5) is 0 Å². The second kappa shape index (κ2) is 5.27. The van der Waals surface area contributed by atoms with Gasteiger partial charge in [-0.25, -0.2) is 4.98 Å². The van der Waals surface area contributed by atoms with E-state index in [-0.39, 0.29) is 6.04 Å². The van der Waals surface area contributed by atoms with Crippen LogP contribution < -0.4 is 5.32 Å². The molecule has 2 atom stereocenters. The van der Waals surface area contributed by atoms with Crippen LogP contribution in [-0.2, 0) is 0 Å². The van der Waals surface area contributed by atoms with Gasteiger partial charge in [0, 0.05) is 11.6 Å². The molecule has 0 aromatic carbocycles. The van der Waals surface area contributed by atoms with Gasteiger partial charge in [0.2, 0.25) is 0 Å². The lowest BCUT2D eigenvalue weighted by Gasteiger charge is -2.18. The Hall–Kier alpha value is -1.13. The molecule has 2 rings (SSSR count). The predicted molar refractivity (Wildman–Crippen MR) is 65.4 cm³/mol. The summed E-state index contributed by atoms with van der Waals surface area (Å²) in [5.41, 5.74) is 0. The average molecular weight is 236 g/mol. The summed E-state index contributed by atoms with van der Waals surface area (Å²) in [5.74, 6) is 0.968. The van der Waals surface area contributed by atoms with E-state index in [9.17, 15) is 0 Å². The van der Waals surface area contributed by atoms with Gasteiger partial charge in [-0.2, -0.15) is 0 Å². The minimum atomic E-state index is 0.212. The van der Waals surface area contributed by atoms with Crippen LogP contribution in [0.25, 0.3) is 0 Å². The van der Waals surface area contributed by atoms with Crippen LogP contribution in [0.3, 0.4) is 0 Å². The smallest absolute Gasteiger partial charge is 0.120 e. The fourth-order valence-electron chi connectivity index (χ4n) is 1.69. The normalized spacial score (nSPS) is 14.9. The van der Waals surface area contributed by atoms with E-state index in [4.69, 9.17) is 4.42 Å². The number of nitrogens with one attached hydrogen (secondary N) is 1. The summed E-state index contributed by atoms with van der Waals surface area (Å²) in [6.45, 7) is 4.27. The maximum Gasteiger partial charge on any atom is 0.120 e. The van der Waals surface area contributed by atoms with Gasteiger partial charge in [0.25, 0.3) is 0 Å². The molecule has 3 nitrogen and oxygen atoms in total. The highest BCUT2D eigenvalue weighted by Crippen LogP contribution is 2.23. The standard InChI is InChI=1S/C12H16N2OS/c1-3-10(12-13-6-8-16-12)14-9(2)11-5-4-7-15-11/h4-10,14H,3H2,1-2H3. The van der Waals surface area contributed by atoms with Crippen molar-refractivity contribution in [3.8, 4) is 0 Å². The first-order valence-corrected chi connectivity index (χ1v) is 6.38. The summed E-state index contributed by atoms with van der Waals surface area (Å²) in [7, 11) is 0. The summed E-state index contributed by atoms with van der Waals surface area (Å²) in [6.07, 6.45) is 4.58. The van der Waals surface area contributed by atoms with Crippen molar-refractivity contribution in [1.29, 1.82) is 0 Å². The van der Waals surface area contributed by atoms with Crippen LogP contribution in [0.2, 0.25) is 0 Å². The highest BCUT2D eigenvalue weighted by molar-refractivity contribution is 7.09. The van der Waals surface area contributed by atoms with E-state index in [0.717, 1.165) is 17.2 Å². The molecular weight excluding hydrogens is 220 g/mol. The number of thiazole rings is 1. The number of hydrogen-bond donors (Lipinski definition) is 1. The predicted octanol–water partition coefficient (Wildman–Crippen LogP) is 3.54. The molecule has 0 saturated heterocycles. The van der Waals surface area contributed by atoms with Gasteiger partial charge in [0.05, 0.1) is 18.3 Å². The highest BCUT2D eigenvalue weighted by atomic mass is 32.1. The fourth-order valence-corrected chi connectivity index (χ4v) is 2.47. The van der Waals surface area contributed by atoms with Crippen molar-refractivity contribution < 1.29 is 4.42 Å². The molecule has 0 bridgehead atoms. The highest BCUT2D eigenvalue weighted by Gasteiger charge is 2.16. The maximum absolute atomic E-state index is 5.38. The van der Waals surface area contributed by atoms with E-state index >= 15 is 0 Å². The summed E-state index contributed by atoms with van der Waals surface area (Å²) in [6, 6.07) is 4.42. The summed E-state index contributed by atoms with van der Waals surface area (Å²) < 4.78 is 5.38. The van der Waals surface area contributed by atoms with Gasteiger partial charge in [-0.05, 0) is 25.5 Å². The molecule has 0 saturated carbocycles. The van der Waals surface area contributed by atoms with E-state index < -0.39 is 0 Å². The quantitative estimate of drug-likeness (QED) is 0.863. The number of aromatic nitrogens is 1. The molecule has 2 unspecified atom stereocenters. The SMILES string of the molecule is CCC(NC(C)c1ccco1)c1nccs1. The summed E-state index contributed by atoms with van der Waals surface area (Å²) in [4.78, 5) is 4.35. The molecular formula is C12H16N2OS. The molecule has 0 aliphatic rings. The molecule has 1 N–H and O–H groups in total. The minimum Gasteiger partial charge on any atom is -0.468 e. The third-order valence-corrected chi connectivity index (χ3v) is 3.47. The van der Waals surface area contributed by atoms with Gasteiger partial charge < -0.3 is 4.42 Å². The van der Waals surface area contributed by atoms with Gasteiger partial charge in [0.15, 0.2) is 0 Å². The van der Waals surface area contributed by atoms with Gasteiger partial charge in [0.1, 0.15) is 10.8 Å². The van der Waals surface area contributed by atoms with Crippen LogP contribution in [0.5, 0.6) is 0 Å². The molecule has 0 fully saturated rings. The average Bonchev–Trinajstić information content (AvgIpc) is 2.96. The fraction of sp³-hybridized carbons (Fsp3) is 0.417. The van der Waals surface area contributed by atoms with Gasteiger partial charge in [-0.3, -0.25) is 5.32 Å². The second-order valence-corrected chi connectivity index (χ2v) is 4.66. The number of furan rings is 1. The Kier molecular flexibility index (Phi) is 3.74. The van der Waals surface area contributed by atoms with E-state index in [1.54, 1.807) is 17.6 Å². The Balaban J connectivity index is 2.02. The van der Waals surface area contributed by atoms with Crippen molar-refractivity contribution in [2.24, 2.45) is 0 Å². The Morgan fingerprint density at radius 2 is 2.44 bits per heavy atom. The Morgan fingerprint density at radius 3 is 3.00 bits per heavy atom. The first kappa shape index (κ1) is 11.4. The van der Waals surface area contributed by atoms with Crippen LogP contribution in [-0.4, -0.2) is 4.98 Å². The maximum atomic E-state index is 5.38. The van der Waals surface area contributed by atoms with Crippen molar-refractivity contribution >= 4 is 11.3 Å². The van der Waals surface area contributed by atoms with Crippen molar-refractivity contribution in [2.75, 3.05) is 0 Å². The number of hydrogen-bond acceptors (Lipinski definition) is 4. The second-order valence-electron chi connectivity index (χ2n) is 3.73. The molecule has 0 aliphatic heterocycles. The summed E-state index contributed by atoms with van der Waals surface area (Å²) >= 11 is 1.69. The minimum absolute atomic E-state index is 0.212. The van der Waals surface area contributed by atoms with Crippen molar-refractivity contribution in [1.82, 2.24) is 10.3 Å². The van der Waals surface area contributed by atoms with Crippen LogP contribution in [0, 0.1) is 0 Å². The molecule has 86 valence electrons. The Bertz CT molecular complexity index is 397. The zero-order valence-electron chi connectivity index (χ0n) is 9.51. The lowest BCUT2D eigenvalue weighted by atomic mass is 10.2. The molecule has 0 radical (unpaired) electrons. The van der Waals surface area contributed by atoms with E-state index in [1.165, 1.54) is 0 Å². The van der Waals surface area contributed by atoms with E-state index in [0.29, 0.717) is 6.04 Å². The molecule has 2 aromatic heterocycles.